The highest BCUT2D eigenvalue weighted by atomic mass is 35.5. The Kier molecular flexibility index (Phi) is 4.55. The van der Waals surface area contributed by atoms with Gasteiger partial charge in [0, 0.05) is 11.3 Å². The number of nitrogens with two attached hydrogens (primary N) is 1. The summed E-state index contributed by atoms with van der Waals surface area (Å²) < 4.78 is 5.79. The molecule has 0 fully saturated rings. The Morgan fingerprint density at radius 1 is 1.19 bits per heavy atom. The SMILES string of the molecule is Cc1c(N)cc(Cl)c(Oc2ccc(O)c(C(C)C)c2)c1Cl. The van der Waals surface area contributed by atoms with E-state index in [2.05, 4.69) is 0 Å². The van der Waals surface area contributed by atoms with Gasteiger partial charge in [-0.3, -0.25) is 0 Å². The van der Waals surface area contributed by atoms with E-state index in [1.54, 1.807) is 31.2 Å². The lowest BCUT2D eigenvalue weighted by Crippen LogP contribution is -1.95. The van der Waals surface area contributed by atoms with Crippen molar-refractivity contribution in [3.05, 3.63) is 45.4 Å². The number of rotatable bonds is 3. The zero-order valence-electron chi connectivity index (χ0n) is 12.1. The second-order valence-electron chi connectivity index (χ2n) is 5.19. The van der Waals surface area contributed by atoms with Crippen molar-refractivity contribution in [2.75, 3.05) is 5.73 Å². The number of nitrogen functional groups attached to an aromatic ring is 1. The molecule has 2 aromatic carbocycles. The molecular weight excluding hydrogens is 309 g/mol. The van der Waals surface area contributed by atoms with Gasteiger partial charge >= 0.3 is 0 Å². The fourth-order valence-corrected chi connectivity index (χ4v) is 2.53. The number of phenols is 1. The number of phenolic OH excluding ortho intramolecular Hbond substituents is 1. The number of hydrogen-bond acceptors (Lipinski definition) is 3. The molecular formula is C16H17Cl2NO2. The molecule has 0 aliphatic rings. The molecule has 0 saturated heterocycles. The minimum Gasteiger partial charge on any atom is -0.508 e. The van der Waals surface area contributed by atoms with Crippen molar-refractivity contribution < 1.29 is 9.84 Å². The van der Waals surface area contributed by atoms with Gasteiger partial charge in [-0.25, -0.2) is 0 Å². The molecule has 0 saturated carbocycles. The third kappa shape index (κ3) is 3.20. The molecule has 0 unspecified atom stereocenters. The van der Waals surface area contributed by atoms with Crippen LogP contribution in [0.1, 0.15) is 30.9 Å². The van der Waals surface area contributed by atoms with E-state index in [4.69, 9.17) is 33.7 Å². The van der Waals surface area contributed by atoms with Crippen molar-refractivity contribution in [2.24, 2.45) is 0 Å². The first-order valence-electron chi connectivity index (χ1n) is 6.56. The van der Waals surface area contributed by atoms with E-state index in [0.29, 0.717) is 27.2 Å². The molecule has 0 amide bonds. The Bertz CT molecular complexity index is 684. The average Bonchev–Trinajstić information content (AvgIpc) is 2.42. The quantitative estimate of drug-likeness (QED) is 0.732. The van der Waals surface area contributed by atoms with Crippen LogP contribution in [0.5, 0.6) is 17.2 Å². The number of hydrogen-bond donors (Lipinski definition) is 2. The molecule has 0 atom stereocenters. The predicted molar refractivity (Wildman–Crippen MR) is 87.9 cm³/mol. The summed E-state index contributed by atoms with van der Waals surface area (Å²) in [5.74, 6) is 1.34. The fourth-order valence-electron chi connectivity index (χ4n) is 1.98. The first-order chi connectivity index (χ1) is 9.81. The van der Waals surface area contributed by atoms with Gasteiger partial charge in [-0.05, 0) is 42.7 Å². The van der Waals surface area contributed by atoms with Crippen molar-refractivity contribution >= 4 is 28.9 Å². The van der Waals surface area contributed by atoms with E-state index in [-0.39, 0.29) is 11.7 Å². The van der Waals surface area contributed by atoms with Crippen LogP contribution >= 0.6 is 23.2 Å². The van der Waals surface area contributed by atoms with Gasteiger partial charge in [0.25, 0.3) is 0 Å². The van der Waals surface area contributed by atoms with Crippen molar-refractivity contribution in [2.45, 2.75) is 26.7 Å². The molecule has 112 valence electrons. The standard InChI is InChI=1S/C16H17Cl2NO2/c1-8(2)11-6-10(4-5-14(11)20)21-16-12(17)7-13(19)9(3)15(16)18/h4-8,20H,19H2,1-3H3. The predicted octanol–water partition coefficient (Wildman–Crippen LogP) is 5.51. The molecule has 0 aliphatic carbocycles. The van der Waals surface area contributed by atoms with Crippen LogP contribution in [0.3, 0.4) is 0 Å². The molecule has 0 bridgehead atoms. The maximum absolute atomic E-state index is 9.84. The molecule has 3 N–H and O–H groups in total. The molecule has 0 spiro atoms. The van der Waals surface area contributed by atoms with Crippen LogP contribution in [0.25, 0.3) is 0 Å². The minimum absolute atomic E-state index is 0.174. The van der Waals surface area contributed by atoms with Crippen LogP contribution < -0.4 is 10.5 Å². The van der Waals surface area contributed by atoms with Gasteiger partial charge in [-0.1, -0.05) is 37.0 Å². The van der Waals surface area contributed by atoms with E-state index in [0.717, 1.165) is 11.1 Å². The van der Waals surface area contributed by atoms with Gasteiger partial charge in [0.2, 0.25) is 0 Å². The summed E-state index contributed by atoms with van der Waals surface area (Å²) in [6.45, 7) is 5.79. The van der Waals surface area contributed by atoms with Crippen molar-refractivity contribution in [3.63, 3.8) is 0 Å². The monoisotopic (exact) mass is 325 g/mol. The smallest absolute Gasteiger partial charge is 0.165 e. The van der Waals surface area contributed by atoms with E-state index in [9.17, 15) is 5.11 Å². The van der Waals surface area contributed by atoms with Crippen LogP contribution in [0.2, 0.25) is 10.0 Å². The van der Waals surface area contributed by atoms with Crippen LogP contribution in [-0.2, 0) is 0 Å². The second kappa shape index (κ2) is 6.04. The first-order valence-corrected chi connectivity index (χ1v) is 7.31. The maximum Gasteiger partial charge on any atom is 0.165 e. The summed E-state index contributed by atoms with van der Waals surface area (Å²) >= 11 is 12.4. The summed E-state index contributed by atoms with van der Waals surface area (Å²) in [6.07, 6.45) is 0. The van der Waals surface area contributed by atoms with Crippen LogP contribution in [0.4, 0.5) is 5.69 Å². The number of halogens is 2. The molecule has 2 rings (SSSR count). The summed E-state index contributed by atoms with van der Waals surface area (Å²) in [6, 6.07) is 6.65. The molecule has 2 aromatic rings. The van der Waals surface area contributed by atoms with Crippen LogP contribution in [-0.4, -0.2) is 5.11 Å². The van der Waals surface area contributed by atoms with Crippen molar-refractivity contribution in [1.29, 1.82) is 0 Å². The molecule has 0 heterocycles. The minimum atomic E-state index is 0.174. The van der Waals surface area contributed by atoms with Gasteiger partial charge in [0.05, 0.1) is 10.0 Å². The molecule has 0 aliphatic heterocycles. The lowest BCUT2D eigenvalue weighted by Gasteiger charge is -2.15. The zero-order chi connectivity index (χ0) is 15.7. The topological polar surface area (TPSA) is 55.5 Å². The molecule has 0 radical (unpaired) electrons. The van der Waals surface area contributed by atoms with Gasteiger partial charge in [0.15, 0.2) is 5.75 Å². The highest BCUT2D eigenvalue weighted by Crippen LogP contribution is 2.42. The second-order valence-corrected chi connectivity index (χ2v) is 5.98. The van der Waals surface area contributed by atoms with Gasteiger partial charge in [-0.2, -0.15) is 0 Å². The number of ether oxygens (including phenoxy) is 1. The average molecular weight is 326 g/mol. The Morgan fingerprint density at radius 3 is 2.48 bits per heavy atom. The van der Waals surface area contributed by atoms with E-state index in [1.165, 1.54) is 0 Å². The van der Waals surface area contributed by atoms with E-state index < -0.39 is 0 Å². The van der Waals surface area contributed by atoms with Gasteiger partial charge in [0.1, 0.15) is 11.5 Å². The van der Waals surface area contributed by atoms with E-state index in [1.807, 2.05) is 13.8 Å². The Hall–Kier alpha value is -1.58. The normalized spacial score (nSPS) is 11.0. The molecule has 5 heteroatoms. The molecule has 3 nitrogen and oxygen atoms in total. The van der Waals surface area contributed by atoms with Gasteiger partial charge in [-0.15, -0.1) is 0 Å². The molecule has 21 heavy (non-hydrogen) atoms. The maximum atomic E-state index is 9.84. The first kappa shape index (κ1) is 15.8. The number of anilines is 1. The Labute approximate surface area is 134 Å². The summed E-state index contributed by atoms with van der Waals surface area (Å²) in [4.78, 5) is 0. The van der Waals surface area contributed by atoms with Crippen LogP contribution in [0, 0.1) is 6.92 Å². The zero-order valence-corrected chi connectivity index (χ0v) is 13.6. The van der Waals surface area contributed by atoms with E-state index >= 15 is 0 Å². The van der Waals surface area contributed by atoms with Crippen molar-refractivity contribution in [3.8, 4) is 17.2 Å². The number of benzene rings is 2. The highest BCUT2D eigenvalue weighted by molar-refractivity contribution is 6.38. The lowest BCUT2D eigenvalue weighted by atomic mass is 10.0. The fraction of sp³-hybridized carbons (Fsp3) is 0.250. The van der Waals surface area contributed by atoms with Crippen molar-refractivity contribution in [1.82, 2.24) is 0 Å². The number of aromatic hydroxyl groups is 1. The summed E-state index contributed by atoms with van der Waals surface area (Å²) in [5.41, 5.74) is 7.85. The summed E-state index contributed by atoms with van der Waals surface area (Å²) in [5, 5.41) is 10.6. The molecule has 0 aromatic heterocycles. The Balaban J connectivity index is 2.44. The van der Waals surface area contributed by atoms with Gasteiger partial charge < -0.3 is 15.6 Å². The van der Waals surface area contributed by atoms with Crippen LogP contribution in [0.15, 0.2) is 24.3 Å². The summed E-state index contributed by atoms with van der Waals surface area (Å²) in [7, 11) is 0. The Morgan fingerprint density at radius 2 is 1.86 bits per heavy atom. The highest BCUT2D eigenvalue weighted by Gasteiger charge is 2.15. The lowest BCUT2D eigenvalue weighted by molar-refractivity contribution is 0.454. The largest absolute Gasteiger partial charge is 0.508 e. The third-order valence-electron chi connectivity index (χ3n) is 3.30. The third-order valence-corrected chi connectivity index (χ3v) is 4.04.